The normalized spacial score (nSPS) is 15.7. The third-order valence-corrected chi connectivity index (χ3v) is 5.01. The summed E-state index contributed by atoms with van der Waals surface area (Å²) >= 11 is 1.07. The first-order chi connectivity index (χ1) is 12.6. The molecule has 0 saturated carbocycles. The third kappa shape index (κ3) is 6.87. The highest BCUT2D eigenvalue weighted by Gasteiger charge is 2.16. The molecule has 0 bridgehead atoms. The summed E-state index contributed by atoms with van der Waals surface area (Å²) < 4.78 is 3.95. The van der Waals surface area contributed by atoms with Crippen molar-refractivity contribution in [2.45, 2.75) is 19.3 Å². The van der Waals surface area contributed by atoms with Crippen LogP contribution < -0.4 is 16.4 Å². The van der Waals surface area contributed by atoms with E-state index in [9.17, 15) is 9.59 Å². The van der Waals surface area contributed by atoms with Crippen LogP contribution in [0.3, 0.4) is 0 Å². The molecular weight excluding hydrogens is 356 g/mol. The molecule has 10 heteroatoms. The van der Waals surface area contributed by atoms with Crippen molar-refractivity contribution in [1.29, 1.82) is 0 Å². The molecule has 5 N–H and O–H groups in total. The SMILES string of the molecule is NC(=O)c1csnc1NC(=O)NCCCCCN1CCN(CCO)CC1. The average Bonchev–Trinajstić information content (AvgIpc) is 3.08. The summed E-state index contributed by atoms with van der Waals surface area (Å²) in [4.78, 5) is 27.7. The summed E-state index contributed by atoms with van der Waals surface area (Å²) in [6.45, 7) is 6.79. The number of unbranched alkanes of at least 4 members (excludes halogenated alkanes) is 2. The number of amides is 3. The lowest BCUT2D eigenvalue weighted by atomic mass is 10.2. The maximum Gasteiger partial charge on any atom is 0.320 e. The zero-order chi connectivity index (χ0) is 18.8. The number of hydrogen-bond donors (Lipinski definition) is 4. The molecule has 1 saturated heterocycles. The summed E-state index contributed by atoms with van der Waals surface area (Å²) in [5.41, 5.74) is 5.44. The first-order valence-electron chi connectivity index (χ1n) is 8.94. The standard InChI is InChI=1S/C16H28N6O3S/c17-14(24)13-12-26-20-15(13)19-16(25)18-4-2-1-3-5-21-6-8-22(9-7-21)10-11-23/h12,23H,1-11H2,(H2,17,24)(H2,18,19,20,25). The van der Waals surface area contributed by atoms with Gasteiger partial charge in [-0.2, -0.15) is 4.37 Å². The average molecular weight is 385 g/mol. The Morgan fingerprint density at radius 2 is 1.85 bits per heavy atom. The summed E-state index contributed by atoms with van der Waals surface area (Å²) in [6.07, 6.45) is 3.04. The molecule has 3 amide bonds. The number of nitrogens with zero attached hydrogens (tertiary/aromatic N) is 3. The van der Waals surface area contributed by atoms with Crippen molar-refractivity contribution in [2.24, 2.45) is 5.73 Å². The zero-order valence-electron chi connectivity index (χ0n) is 14.9. The summed E-state index contributed by atoms with van der Waals surface area (Å²) in [5, 5.41) is 15.8. The predicted molar refractivity (Wildman–Crippen MR) is 101 cm³/mol. The second-order valence-corrected chi connectivity index (χ2v) is 6.92. The van der Waals surface area contributed by atoms with E-state index in [1.54, 1.807) is 0 Å². The highest BCUT2D eigenvalue weighted by atomic mass is 32.1. The number of urea groups is 1. The Balaban J connectivity index is 1.51. The van der Waals surface area contributed by atoms with Gasteiger partial charge in [0.15, 0.2) is 5.82 Å². The van der Waals surface area contributed by atoms with Gasteiger partial charge in [0.2, 0.25) is 0 Å². The lowest BCUT2D eigenvalue weighted by Crippen LogP contribution is -2.47. The number of nitrogens with one attached hydrogen (secondary N) is 2. The number of carbonyl (C=O) groups is 2. The van der Waals surface area contributed by atoms with E-state index in [0.29, 0.717) is 6.54 Å². The number of carbonyl (C=O) groups excluding carboxylic acids is 2. The van der Waals surface area contributed by atoms with Crippen molar-refractivity contribution in [3.63, 3.8) is 0 Å². The highest BCUT2D eigenvalue weighted by Crippen LogP contribution is 2.15. The van der Waals surface area contributed by atoms with E-state index in [-0.39, 0.29) is 24.0 Å². The minimum Gasteiger partial charge on any atom is -0.395 e. The van der Waals surface area contributed by atoms with Crippen molar-refractivity contribution in [3.05, 3.63) is 10.9 Å². The summed E-state index contributed by atoms with van der Waals surface area (Å²) in [6, 6.07) is -0.376. The fourth-order valence-electron chi connectivity index (χ4n) is 2.87. The molecule has 1 aliphatic rings. The van der Waals surface area contributed by atoms with E-state index in [2.05, 4.69) is 24.8 Å². The summed E-state index contributed by atoms with van der Waals surface area (Å²) in [7, 11) is 0. The van der Waals surface area contributed by atoms with Crippen LogP contribution in [0.5, 0.6) is 0 Å². The third-order valence-electron chi connectivity index (χ3n) is 4.38. The van der Waals surface area contributed by atoms with Crippen LogP contribution in [0, 0.1) is 0 Å². The van der Waals surface area contributed by atoms with Crippen molar-refractivity contribution < 1.29 is 14.7 Å². The maximum absolute atomic E-state index is 11.8. The van der Waals surface area contributed by atoms with E-state index in [0.717, 1.165) is 70.1 Å². The van der Waals surface area contributed by atoms with Crippen LogP contribution in [0.15, 0.2) is 5.38 Å². The molecule has 1 aliphatic heterocycles. The molecule has 0 aliphatic carbocycles. The quantitative estimate of drug-likeness (QED) is 0.426. The minimum atomic E-state index is -0.605. The molecule has 146 valence electrons. The molecule has 2 heterocycles. The first-order valence-corrected chi connectivity index (χ1v) is 9.78. The van der Waals surface area contributed by atoms with Crippen LogP contribution in [-0.2, 0) is 0 Å². The van der Waals surface area contributed by atoms with Gasteiger partial charge in [0.05, 0.1) is 12.2 Å². The van der Waals surface area contributed by atoms with Crippen molar-refractivity contribution in [3.8, 4) is 0 Å². The van der Waals surface area contributed by atoms with Crippen molar-refractivity contribution in [1.82, 2.24) is 19.5 Å². The number of β-amino-alcohol motifs (C(OH)–C–C–N with tert-alkyl or cyclic N) is 1. The van der Waals surface area contributed by atoms with Gasteiger partial charge >= 0.3 is 6.03 Å². The van der Waals surface area contributed by atoms with Gasteiger partial charge < -0.3 is 21.1 Å². The number of piperazine rings is 1. The predicted octanol–water partition coefficient (Wildman–Crippen LogP) is 0.144. The largest absolute Gasteiger partial charge is 0.395 e. The number of aromatic nitrogens is 1. The van der Waals surface area contributed by atoms with E-state index in [4.69, 9.17) is 10.8 Å². The number of aliphatic hydroxyl groups is 1. The molecule has 0 radical (unpaired) electrons. The molecule has 9 nitrogen and oxygen atoms in total. The lowest BCUT2D eigenvalue weighted by molar-refractivity contribution is 0.100. The first kappa shape index (κ1) is 20.6. The second kappa shape index (κ2) is 11.1. The topological polar surface area (TPSA) is 124 Å². The Morgan fingerprint density at radius 1 is 1.15 bits per heavy atom. The van der Waals surface area contributed by atoms with Gasteiger partial charge in [-0.15, -0.1) is 0 Å². The molecule has 2 rings (SSSR count). The Hall–Kier alpha value is -1.75. The summed E-state index contributed by atoms with van der Waals surface area (Å²) in [5.74, 6) is -0.397. The number of hydrogen-bond acceptors (Lipinski definition) is 7. The molecule has 26 heavy (non-hydrogen) atoms. The molecule has 0 spiro atoms. The minimum absolute atomic E-state index is 0.209. The van der Waals surface area contributed by atoms with Crippen LogP contribution in [0.1, 0.15) is 29.6 Å². The van der Waals surface area contributed by atoms with Gasteiger partial charge in [0.1, 0.15) is 0 Å². The monoisotopic (exact) mass is 384 g/mol. The number of nitrogens with two attached hydrogens (primary N) is 1. The molecule has 1 fully saturated rings. The van der Waals surface area contributed by atoms with E-state index in [1.807, 2.05) is 0 Å². The Morgan fingerprint density at radius 3 is 2.50 bits per heavy atom. The van der Waals surface area contributed by atoms with Gasteiger partial charge in [-0.05, 0) is 30.9 Å². The fraction of sp³-hybridized carbons (Fsp3) is 0.688. The molecule has 0 unspecified atom stereocenters. The number of aliphatic hydroxyl groups excluding tert-OH is 1. The molecule has 1 aromatic rings. The van der Waals surface area contributed by atoms with E-state index in [1.165, 1.54) is 5.38 Å². The van der Waals surface area contributed by atoms with Crippen LogP contribution in [0.4, 0.5) is 10.6 Å². The van der Waals surface area contributed by atoms with Gasteiger partial charge in [0.25, 0.3) is 5.91 Å². The maximum atomic E-state index is 11.8. The van der Waals surface area contributed by atoms with Crippen LogP contribution in [0.25, 0.3) is 0 Å². The van der Waals surface area contributed by atoms with Gasteiger partial charge in [-0.3, -0.25) is 15.0 Å². The highest BCUT2D eigenvalue weighted by molar-refractivity contribution is 7.04. The molecule has 1 aromatic heterocycles. The molecule has 0 atom stereocenters. The lowest BCUT2D eigenvalue weighted by Gasteiger charge is -2.34. The van der Waals surface area contributed by atoms with Gasteiger partial charge in [-0.25, -0.2) is 4.79 Å². The van der Waals surface area contributed by atoms with Crippen molar-refractivity contribution >= 4 is 29.3 Å². The number of rotatable bonds is 10. The fourth-order valence-corrected chi connectivity index (χ4v) is 3.51. The number of primary amides is 1. The smallest absolute Gasteiger partial charge is 0.320 e. The Labute approximate surface area is 157 Å². The van der Waals surface area contributed by atoms with E-state index < -0.39 is 5.91 Å². The van der Waals surface area contributed by atoms with Crippen LogP contribution >= 0.6 is 11.5 Å². The zero-order valence-corrected chi connectivity index (χ0v) is 15.8. The molecule has 0 aromatic carbocycles. The number of anilines is 1. The van der Waals surface area contributed by atoms with Gasteiger partial charge in [-0.1, -0.05) is 6.42 Å². The molecular formula is C16H28N6O3S. The Kier molecular flexibility index (Phi) is 8.75. The van der Waals surface area contributed by atoms with E-state index >= 15 is 0 Å². The van der Waals surface area contributed by atoms with Crippen LogP contribution in [-0.4, -0.2) is 83.6 Å². The second-order valence-electron chi connectivity index (χ2n) is 6.29. The van der Waals surface area contributed by atoms with Crippen LogP contribution in [0.2, 0.25) is 0 Å². The van der Waals surface area contributed by atoms with Crippen molar-refractivity contribution in [2.75, 3.05) is 57.7 Å². The van der Waals surface area contributed by atoms with Gasteiger partial charge in [0, 0.05) is 44.6 Å². The Bertz CT molecular complexity index is 574.